The van der Waals surface area contributed by atoms with E-state index in [-0.39, 0.29) is 17.7 Å². The molecule has 6 nitrogen and oxygen atoms in total. The van der Waals surface area contributed by atoms with Crippen LogP contribution >= 0.6 is 0 Å². The summed E-state index contributed by atoms with van der Waals surface area (Å²) in [6.07, 6.45) is -0.00566. The van der Waals surface area contributed by atoms with Gasteiger partial charge in [-0.3, -0.25) is 4.90 Å². The second-order valence-corrected chi connectivity index (χ2v) is 7.95. The van der Waals surface area contributed by atoms with Gasteiger partial charge in [-0.15, -0.1) is 0 Å². The summed E-state index contributed by atoms with van der Waals surface area (Å²) < 4.78 is 20.1. The van der Waals surface area contributed by atoms with E-state index in [1.807, 2.05) is 24.3 Å². The number of ketones is 1. The van der Waals surface area contributed by atoms with Crippen LogP contribution in [0.3, 0.4) is 0 Å². The molecule has 0 aliphatic carbocycles. The molecule has 0 unspecified atom stereocenters. The van der Waals surface area contributed by atoms with Gasteiger partial charge in [-0.25, -0.2) is 9.18 Å². The summed E-state index contributed by atoms with van der Waals surface area (Å²) in [5.41, 5.74) is 2.89. The van der Waals surface area contributed by atoms with E-state index in [1.54, 1.807) is 12.1 Å². The van der Waals surface area contributed by atoms with Crippen LogP contribution in [-0.2, 0) is 16.1 Å². The molecule has 0 spiro atoms. The molecule has 1 atom stereocenters. The molecule has 0 bridgehead atoms. The highest BCUT2D eigenvalue weighted by molar-refractivity contribution is 5.90. The first-order chi connectivity index (χ1) is 14.5. The quantitative estimate of drug-likeness (QED) is 0.698. The van der Waals surface area contributed by atoms with Gasteiger partial charge in [-0.2, -0.15) is 0 Å². The standard InChI is InChI=1S/C23H26FN3O3/c1-15(28)2-8-20-14-27(23(29)30-20)19-7-9-21(22(24)10-19)17-5-3-16(4-6-17)11-26-18-12-25-13-18/h3-7,9-10,18,20,25-26H,2,8,11-14H2,1H3/t20-/m0/s1. The van der Waals surface area contributed by atoms with Gasteiger partial charge in [0.2, 0.25) is 0 Å². The average molecular weight is 411 g/mol. The summed E-state index contributed by atoms with van der Waals surface area (Å²) in [6, 6.07) is 13.1. The van der Waals surface area contributed by atoms with Crippen molar-refractivity contribution in [1.82, 2.24) is 10.6 Å². The number of ether oxygens (including phenoxy) is 1. The highest BCUT2D eigenvalue weighted by Gasteiger charge is 2.32. The average Bonchev–Trinajstić information content (AvgIpc) is 3.06. The topological polar surface area (TPSA) is 70.7 Å². The summed E-state index contributed by atoms with van der Waals surface area (Å²) in [5, 5.41) is 6.69. The fraction of sp³-hybridized carbons (Fsp3) is 0.391. The number of carbonyl (C=O) groups is 2. The number of hydrogen-bond donors (Lipinski definition) is 2. The SMILES string of the molecule is CC(=O)CC[C@H]1CN(c2ccc(-c3ccc(CNC4CNC4)cc3)c(F)c2)C(=O)O1. The molecule has 0 saturated carbocycles. The first-order valence-corrected chi connectivity index (χ1v) is 10.3. The van der Waals surface area contributed by atoms with Crippen LogP contribution in [0.25, 0.3) is 11.1 Å². The molecule has 158 valence electrons. The Hall–Kier alpha value is -2.77. The molecule has 2 N–H and O–H groups in total. The highest BCUT2D eigenvalue weighted by Crippen LogP contribution is 2.30. The molecular weight excluding hydrogens is 385 g/mol. The molecule has 4 rings (SSSR count). The molecule has 2 aromatic rings. The lowest BCUT2D eigenvalue weighted by atomic mass is 10.0. The Morgan fingerprint density at radius 1 is 1.23 bits per heavy atom. The van der Waals surface area contributed by atoms with Crippen LogP contribution in [0.4, 0.5) is 14.9 Å². The molecule has 2 heterocycles. The van der Waals surface area contributed by atoms with Crippen LogP contribution in [0.2, 0.25) is 0 Å². The van der Waals surface area contributed by atoms with E-state index in [4.69, 9.17) is 4.74 Å². The van der Waals surface area contributed by atoms with Crippen LogP contribution in [0, 0.1) is 5.82 Å². The number of anilines is 1. The zero-order chi connectivity index (χ0) is 21.1. The Morgan fingerprint density at radius 3 is 2.63 bits per heavy atom. The summed E-state index contributed by atoms with van der Waals surface area (Å²) in [6.45, 7) is 4.62. The van der Waals surface area contributed by atoms with Gasteiger partial charge in [0.25, 0.3) is 0 Å². The lowest BCUT2D eigenvalue weighted by molar-refractivity contribution is -0.117. The van der Waals surface area contributed by atoms with E-state index in [0.29, 0.717) is 36.7 Å². The molecule has 2 fully saturated rings. The van der Waals surface area contributed by atoms with Crippen LogP contribution in [0.1, 0.15) is 25.3 Å². The van der Waals surface area contributed by atoms with Gasteiger partial charge in [-0.1, -0.05) is 24.3 Å². The lowest BCUT2D eigenvalue weighted by Crippen LogP contribution is -2.54. The summed E-state index contributed by atoms with van der Waals surface area (Å²) >= 11 is 0. The third-order valence-electron chi connectivity index (χ3n) is 5.60. The molecule has 7 heteroatoms. The van der Waals surface area contributed by atoms with E-state index in [0.717, 1.165) is 30.8 Å². The van der Waals surface area contributed by atoms with E-state index >= 15 is 0 Å². The maximum Gasteiger partial charge on any atom is 0.414 e. The van der Waals surface area contributed by atoms with Gasteiger partial charge in [0.15, 0.2) is 0 Å². The molecule has 0 radical (unpaired) electrons. The summed E-state index contributed by atoms with van der Waals surface area (Å²) in [5.74, 6) is -0.333. The molecule has 2 aromatic carbocycles. The lowest BCUT2D eigenvalue weighted by Gasteiger charge is -2.28. The minimum atomic E-state index is -0.505. The Kier molecular flexibility index (Phi) is 6.11. The van der Waals surface area contributed by atoms with E-state index in [2.05, 4.69) is 10.6 Å². The maximum atomic E-state index is 14.8. The van der Waals surface area contributed by atoms with Gasteiger partial charge in [0.05, 0.1) is 12.2 Å². The number of cyclic esters (lactones) is 1. The van der Waals surface area contributed by atoms with Crippen LogP contribution in [-0.4, -0.2) is 43.7 Å². The van der Waals surface area contributed by atoms with Gasteiger partial charge in [-0.05, 0) is 42.7 Å². The van der Waals surface area contributed by atoms with Crippen molar-refractivity contribution < 1.29 is 18.7 Å². The van der Waals surface area contributed by atoms with Crippen molar-refractivity contribution >= 4 is 17.6 Å². The van der Waals surface area contributed by atoms with Crippen molar-refractivity contribution in [2.24, 2.45) is 0 Å². The van der Waals surface area contributed by atoms with E-state index in [9.17, 15) is 14.0 Å². The van der Waals surface area contributed by atoms with Crippen molar-refractivity contribution in [3.8, 4) is 11.1 Å². The third kappa shape index (κ3) is 4.68. The smallest absolute Gasteiger partial charge is 0.414 e. The second-order valence-electron chi connectivity index (χ2n) is 7.95. The van der Waals surface area contributed by atoms with E-state index in [1.165, 1.54) is 17.9 Å². The Morgan fingerprint density at radius 2 is 2.00 bits per heavy atom. The van der Waals surface area contributed by atoms with Crippen molar-refractivity contribution in [2.75, 3.05) is 24.5 Å². The summed E-state index contributed by atoms with van der Waals surface area (Å²) in [4.78, 5) is 24.7. The first kappa shape index (κ1) is 20.5. The van der Waals surface area contributed by atoms with Crippen LogP contribution in [0.5, 0.6) is 0 Å². The van der Waals surface area contributed by atoms with Crippen molar-refractivity contribution in [2.45, 2.75) is 38.5 Å². The number of benzene rings is 2. The van der Waals surface area contributed by atoms with Crippen molar-refractivity contribution in [1.29, 1.82) is 0 Å². The maximum absolute atomic E-state index is 14.8. The first-order valence-electron chi connectivity index (χ1n) is 10.3. The number of hydrogen-bond acceptors (Lipinski definition) is 5. The fourth-order valence-electron chi connectivity index (χ4n) is 3.65. The minimum Gasteiger partial charge on any atom is -0.444 e. The van der Waals surface area contributed by atoms with Crippen molar-refractivity contribution in [3.05, 3.63) is 53.8 Å². The number of Topliss-reactive ketones (excluding diaryl/α,β-unsaturated/α-hetero) is 1. The largest absolute Gasteiger partial charge is 0.444 e. The predicted molar refractivity (Wildman–Crippen MR) is 113 cm³/mol. The molecule has 2 aliphatic rings. The van der Waals surface area contributed by atoms with Gasteiger partial charge in [0, 0.05) is 37.7 Å². The molecule has 2 aliphatic heterocycles. The number of rotatable bonds is 8. The predicted octanol–water partition coefficient (Wildman–Crippen LogP) is 3.25. The second kappa shape index (κ2) is 8.93. The fourth-order valence-corrected chi connectivity index (χ4v) is 3.65. The Labute approximate surface area is 175 Å². The Bertz CT molecular complexity index is 928. The van der Waals surface area contributed by atoms with E-state index < -0.39 is 6.09 Å². The molecule has 30 heavy (non-hydrogen) atoms. The minimum absolute atomic E-state index is 0.0572. The normalized spacial score (nSPS) is 18.9. The zero-order valence-corrected chi connectivity index (χ0v) is 17.0. The van der Waals surface area contributed by atoms with Gasteiger partial charge < -0.3 is 20.2 Å². The number of nitrogens with zero attached hydrogens (tertiary/aromatic N) is 1. The van der Waals surface area contributed by atoms with Gasteiger partial charge in [0.1, 0.15) is 17.7 Å². The van der Waals surface area contributed by atoms with Gasteiger partial charge >= 0.3 is 6.09 Å². The number of amides is 1. The van der Waals surface area contributed by atoms with Crippen molar-refractivity contribution in [3.63, 3.8) is 0 Å². The number of nitrogens with one attached hydrogen (secondary N) is 2. The third-order valence-corrected chi connectivity index (χ3v) is 5.60. The van der Waals surface area contributed by atoms with Crippen LogP contribution < -0.4 is 15.5 Å². The monoisotopic (exact) mass is 411 g/mol. The highest BCUT2D eigenvalue weighted by atomic mass is 19.1. The zero-order valence-electron chi connectivity index (χ0n) is 17.0. The molecule has 0 aromatic heterocycles. The molecule has 1 amide bonds. The number of carbonyl (C=O) groups excluding carboxylic acids is 2. The molecule has 2 saturated heterocycles. The summed E-state index contributed by atoms with van der Waals surface area (Å²) in [7, 11) is 0. The Balaban J connectivity index is 1.41. The number of halogens is 1. The van der Waals surface area contributed by atoms with Crippen LogP contribution in [0.15, 0.2) is 42.5 Å². The molecular formula is C23H26FN3O3.